The first-order valence-electron chi connectivity index (χ1n) is 8.87. The lowest BCUT2D eigenvalue weighted by Gasteiger charge is -2.43. The van der Waals surface area contributed by atoms with Gasteiger partial charge in [-0.05, 0) is 18.9 Å². The van der Waals surface area contributed by atoms with Crippen molar-refractivity contribution in [2.45, 2.75) is 51.1 Å². The lowest BCUT2D eigenvalue weighted by atomic mass is 9.97. The van der Waals surface area contributed by atoms with Crippen LogP contribution in [0, 0.1) is 5.92 Å². The van der Waals surface area contributed by atoms with E-state index in [0.29, 0.717) is 12.5 Å². The summed E-state index contributed by atoms with van der Waals surface area (Å²) in [5.41, 5.74) is 0.895. The van der Waals surface area contributed by atoms with Gasteiger partial charge in [0.25, 0.3) is 0 Å². The predicted molar refractivity (Wildman–Crippen MR) is 91.9 cm³/mol. The van der Waals surface area contributed by atoms with Crippen LogP contribution < -0.4 is 5.32 Å². The van der Waals surface area contributed by atoms with Gasteiger partial charge in [-0.3, -0.25) is 4.79 Å². The molecule has 2 aliphatic heterocycles. The highest BCUT2D eigenvalue weighted by atomic mass is 16.7. The average Bonchev–Trinajstić information content (AvgIpc) is 2.63. The van der Waals surface area contributed by atoms with E-state index in [1.165, 1.54) is 0 Å². The topological polar surface area (TPSA) is 66.0 Å². The van der Waals surface area contributed by atoms with Crippen LogP contribution in [0.25, 0.3) is 0 Å². The average molecular weight is 349 g/mol. The number of hydrogen-bond acceptors (Lipinski definition) is 6. The third kappa shape index (κ3) is 4.27. The Balaban J connectivity index is 1.68. The van der Waals surface area contributed by atoms with E-state index in [-0.39, 0.29) is 5.78 Å². The third-order valence-corrected chi connectivity index (χ3v) is 4.58. The number of benzene rings is 1. The van der Waals surface area contributed by atoms with E-state index in [2.05, 4.69) is 19.2 Å². The molecule has 6 heteroatoms. The van der Waals surface area contributed by atoms with Crippen molar-refractivity contribution in [2.24, 2.45) is 5.92 Å². The largest absolute Gasteiger partial charge is 0.354 e. The second kappa shape index (κ2) is 8.38. The van der Waals surface area contributed by atoms with Gasteiger partial charge in [0.05, 0.1) is 6.61 Å². The van der Waals surface area contributed by atoms with Crippen molar-refractivity contribution in [2.75, 3.05) is 20.3 Å². The minimum Gasteiger partial charge on any atom is -0.354 e. The summed E-state index contributed by atoms with van der Waals surface area (Å²) in [6.07, 6.45) is -1.29. The van der Waals surface area contributed by atoms with Gasteiger partial charge in [0.1, 0.15) is 18.2 Å². The second-order valence-corrected chi connectivity index (χ2v) is 6.93. The fourth-order valence-electron chi connectivity index (χ4n) is 3.15. The monoisotopic (exact) mass is 349 g/mol. The van der Waals surface area contributed by atoms with Crippen LogP contribution in [-0.4, -0.2) is 50.6 Å². The maximum atomic E-state index is 13.0. The van der Waals surface area contributed by atoms with Gasteiger partial charge in [0.2, 0.25) is 0 Å². The molecule has 0 unspecified atom stereocenters. The summed E-state index contributed by atoms with van der Waals surface area (Å²) in [5.74, 6) is 0.527. The van der Waals surface area contributed by atoms with Gasteiger partial charge in [-0.15, -0.1) is 0 Å². The Morgan fingerprint density at radius 1 is 1.24 bits per heavy atom. The van der Waals surface area contributed by atoms with Gasteiger partial charge in [-0.25, -0.2) is 0 Å². The molecular formula is C19H27NO5. The molecule has 2 fully saturated rings. The van der Waals surface area contributed by atoms with Crippen molar-refractivity contribution in [3.05, 3.63) is 35.9 Å². The van der Waals surface area contributed by atoms with Crippen molar-refractivity contribution in [3.63, 3.8) is 0 Å². The highest BCUT2D eigenvalue weighted by Gasteiger charge is 2.49. The fraction of sp³-hybridized carbons (Fsp3) is 0.632. The summed E-state index contributed by atoms with van der Waals surface area (Å²) in [7, 11) is 1.55. The smallest absolute Gasteiger partial charge is 0.186 e. The molecule has 2 aliphatic rings. The van der Waals surface area contributed by atoms with Gasteiger partial charge in [0.15, 0.2) is 18.4 Å². The highest BCUT2D eigenvalue weighted by Crippen LogP contribution is 2.32. The molecular weight excluding hydrogens is 322 g/mol. The van der Waals surface area contributed by atoms with E-state index in [0.717, 1.165) is 18.5 Å². The molecule has 25 heavy (non-hydrogen) atoms. The van der Waals surface area contributed by atoms with Crippen LogP contribution >= 0.6 is 0 Å². The molecule has 3 rings (SSSR count). The number of Topliss-reactive ketones (excluding diaryl/α,β-unsaturated/α-hetero) is 1. The van der Waals surface area contributed by atoms with Crippen molar-refractivity contribution in [3.8, 4) is 0 Å². The van der Waals surface area contributed by atoms with Crippen LogP contribution in [0.2, 0.25) is 0 Å². The van der Waals surface area contributed by atoms with E-state index >= 15 is 0 Å². The van der Waals surface area contributed by atoms with Crippen LogP contribution in [0.15, 0.2) is 30.3 Å². The number of carbonyl (C=O) groups is 1. The second-order valence-electron chi connectivity index (χ2n) is 6.93. The van der Waals surface area contributed by atoms with Gasteiger partial charge < -0.3 is 24.3 Å². The molecule has 0 amide bonds. The summed E-state index contributed by atoms with van der Waals surface area (Å²) in [6.45, 7) is 5.33. The van der Waals surface area contributed by atoms with Crippen LogP contribution in [0.1, 0.15) is 32.1 Å². The van der Waals surface area contributed by atoms with Crippen LogP contribution in [-0.2, 0) is 23.7 Å². The molecule has 0 saturated carbocycles. The number of methoxy groups -OCH3 is 1. The molecule has 1 aromatic rings. The number of nitrogens with one attached hydrogen (secondary N) is 1. The Kier molecular flexibility index (Phi) is 6.19. The first-order chi connectivity index (χ1) is 12.1. The summed E-state index contributed by atoms with van der Waals surface area (Å²) in [4.78, 5) is 13.0. The molecule has 1 N–H and O–H groups in total. The molecule has 2 heterocycles. The molecule has 0 aliphatic carbocycles. The normalized spacial score (nSPS) is 32.6. The number of ketones is 1. The Hall–Kier alpha value is -1.31. The van der Waals surface area contributed by atoms with Gasteiger partial charge in [-0.2, -0.15) is 0 Å². The van der Waals surface area contributed by atoms with Gasteiger partial charge >= 0.3 is 0 Å². The van der Waals surface area contributed by atoms with Crippen LogP contribution in [0.5, 0.6) is 0 Å². The van der Waals surface area contributed by atoms with Gasteiger partial charge in [0, 0.05) is 12.7 Å². The molecule has 0 radical (unpaired) electrons. The summed E-state index contributed by atoms with van der Waals surface area (Å²) < 4.78 is 23.0. The summed E-state index contributed by atoms with van der Waals surface area (Å²) >= 11 is 0. The summed E-state index contributed by atoms with van der Waals surface area (Å²) in [5, 5.41) is 3.27. The maximum absolute atomic E-state index is 13.0. The Morgan fingerprint density at radius 3 is 2.68 bits per heavy atom. The highest BCUT2D eigenvalue weighted by molar-refractivity contribution is 5.90. The van der Waals surface area contributed by atoms with E-state index in [9.17, 15) is 4.79 Å². The van der Waals surface area contributed by atoms with Crippen molar-refractivity contribution < 1.29 is 23.7 Å². The number of rotatable bonds is 6. The minimum absolute atomic E-state index is 0.0314. The number of hydrogen-bond donors (Lipinski definition) is 1. The molecule has 6 nitrogen and oxygen atoms in total. The zero-order valence-electron chi connectivity index (χ0n) is 15.0. The number of fused-ring (bicyclic) bond motifs is 1. The number of ether oxygens (including phenoxy) is 4. The standard InChI is InChI=1S/C19H27NO5/c1-12(2)9-10-20-15-16(21)17-14(24-19(15)22-3)11-23-18(25-17)13-7-5-4-6-8-13/h4-8,12,14-15,17-20H,9-11H2,1-3H3/t14-,15-,17-,18-,19+/m1/s1. The van der Waals surface area contributed by atoms with E-state index < -0.39 is 30.8 Å². The van der Waals surface area contributed by atoms with Crippen LogP contribution in [0.4, 0.5) is 0 Å². The zero-order chi connectivity index (χ0) is 17.8. The molecule has 0 spiro atoms. The molecule has 0 bridgehead atoms. The van der Waals surface area contributed by atoms with Crippen molar-refractivity contribution in [1.29, 1.82) is 0 Å². The molecule has 5 atom stereocenters. The lowest BCUT2D eigenvalue weighted by molar-refractivity contribution is -0.303. The number of carbonyl (C=O) groups excluding carboxylic acids is 1. The molecule has 2 saturated heterocycles. The Labute approximate surface area is 148 Å². The van der Waals surface area contributed by atoms with Crippen LogP contribution in [0.3, 0.4) is 0 Å². The molecule has 138 valence electrons. The quantitative estimate of drug-likeness (QED) is 0.848. The Bertz CT molecular complexity index is 564. The first kappa shape index (κ1) is 18.5. The van der Waals surface area contributed by atoms with E-state index in [4.69, 9.17) is 18.9 Å². The maximum Gasteiger partial charge on any atom is 0.186 e. The van der Waals surface area contributed by atoms with E-state index in [1.807, 2.05) is 30.3 Å². The van der Waals surface area contributed by atoms with Gasteiger partial charge in [-0.1, -0.05) is 44.2 Å². The molecule has 1 aromatic carbocycles. The van der Waals surface area contributed by atoms with Crippen molar-refractivity contribution >= 4 is 5.78 Å². The SMILES string of the molecule is CO[C@H]1O[C@@H]2CO[C@@H](c3ccccc3)O[C@H]2C(=O)[C@H]1NCCC(C)C. The minimum atomic E-state index is -0.651. The summed E-state index contributed by atoms with van der Waals surface area (Å²) in [6, 6.07) is 9.10. The fourth-order valence-corrected chi connectivity index (χ4v) is 3.15. The van der Waals surface area contributed by atoms with E-state index in [1.54, 1.807) is 7.11 Å². The molecule has 0 aromatic heterocycles. The predicted octanol–water partition coefficient (Wildman–Crippen LogP) is 2.05. The first-order valence-corrected chi connectivity index (χ1v) is 8.87. The lowest BCUT2D eigenvalue weighted by Crippen LogP contribution is -2.64. The van der Waals surface area contributed by atoms with Crippen molar-refractivity contribution in [1.82, 2.24) is 5.32 Å². The zero-order valence-corrected chi connectivity index (χ0v) is 15.0. The Morgan fingerprint density at radius 2 is 2.00 bits per heavy atom. The third-order valence-electron chi connectivity index (χ3n) is 4.58.